The van der Waals surface area contributed by atoms with E-state index in [1.165, 1.54) is 30.3 Å². The summed E-state index contributed by atoms with van der Waals surface area (Å²) in [6.07, 6.45) is 1.12. The lowest BCUT2D eigenvalue weighted by atomic mass is 10.2. The largest absolute Gasteiger partial charge is 0.475 e. The van der Waals surface area contributed by atoms with Gasteiger partial charge in [0.1, 0.15) is 17.1 Å². The van der Waals surface area contributed by atoms with Gasteiger partial charge in [-0.1, -0.05) is 0 Å². The minimum atomic E-state index is -3.55. The highest BCUT2D eigenvalue weighted by molar-refractivity contribution is 7.92. The van der Waals surface area contributed by atoms with Crippen molar-refractivity contribution in [2.24, 2.45) is 0 Å². The minimum absolute atomic E-state index is 0.112. The van der Waals surface area contributed by atoms with Crippen LogP contribution in [0.1, 0.15) is 13.8 Å². The Morgan fingerprint density at radius 2 is 1.71 bits per heavy atom. The van der Waals surface area contributed by atoms with Crippen LogP contribution in [-0.2, 0) is 19.7 Å². The van der Waals surface area contributed by atoms with Crippen molar-refractivity contribution in [2.45, 2.75) is 28.9 Å². The van der Waals surface area contributed by atoms with Gasteiger partial charge in [0.25, 0.3) is 0 Å². The fourth-order valence-corrected chi connectivity index (χ4v) is 4.52. The zero-order valence-corrected chi connectivity index (χ0v) is 18.2. The summed E-state index contributed by atoms with van der Waals surface area (Å²) in [4.78, 5) is 0.276. The number of sulfone groups is 2. The molecular formula is C17H18AlN3O5S2. The molecule has 0 unspecified atom stereocenters. The summed E-state index contributed by atoms with van der Waals surface area (Å²) >= 11 is 2.31. The van der Waals surface area contributed by atoms with Crippen LogP contribution < -0.4 is 9.04 Å². The van der Waals surface area contributed by atoms with Gasteiger partial charge in [0.05, 0.1) is 15.0 Å². The smallest absolute Gasteiger partial charge is 0.308 e. The van der Waals surface area contributed by atoms with Crippen molar-refractivity contribution in [3.63, 3.8) is 0 Å². The van der Waals surface area contributed by atoms with Gasteiger partial charge in [0.15, 0.2) is 25.4 Å². The zero-order chi connectivity index (χ0) is 20.7. The normalized spacial score (nSPS) is 12.4. The predicted octanol–water partition coefficient (Wildman–Crippen LogP) is 2.44. The Kier molecular flexibility index (Phi) is 5.47. The first kappa shape index (κ1) is 20.7. The SMILES string of the molecule is CC(C)S(=O)(=O)c1cc(Oc2ccc(S(C)(=O)=O)cc2)c2[nH]nc([NH][Al])c2c1. The Balaban J connectivity index is 2.13. The third-order valence-corrected chi connectivity index (χ3v) is 7.71. The number of H-pyrrole nitrogens is 1. The maximum absolute atomic E-state index is 12.7. The highest BCUT2D eigenvalue weighted by Crippen LogP contribution is 2.35. The highest BCUT2D eigenvalue weighted by Gasteiger charge is 2.23. The monoisotopic (exact) mass is 435 g/mol. The second kappa shape index (κ2) is 7.40. The standard InChI is InChI=1S/C17H18N3O5S2.Al/c1-10(2)27(23,24)13-8-14-16(19-20-17(14)18)15(9-13)25-11-4-6-12(7-5-11)26(3,21)22;/h4-10H,1-3H3,(H2-,18,19,20);/q-1;+1. The third kappa shape index (κ3) is 3.89. The lowest BCUT2D eigenvalue weighted by Gasteiger charge is -2.12. The number of aromatic amines is 1. The van der Waals surface area contributed by atoms with E-state index in [0.29, 0.717) is 22.5 Å². The summed E-state index contributed by atoms with van der Waals surface area (Å²) in [5, 5.41) is 6.90. The molecule has 0 fully saturated rings. The van der Waals surface area contributed by atoms with Crippen LogP contribution in [0.2, 0.25) is 0 Å². The number of aromatic nitrogens is 2. The van der Waals surface area contributed by atoms with Gasteiger partial charge in [-0.15, -0.1) is 0 Å². The summed E-state index contributed by atoms with van der Waals surface area (Å²) in [6.45, 7) is 3.21. The van der Waals surface area contributed by atoms with Crippen LogP contribution in [0, 0.1) is 0 Å². The van der Waals surface area contributed by atoms with Crippen molar-refractivity contribution >= 4 is 52.9 Å². The van der Waals surface area contributed by atoms with Gasteiger partial charge in [-0.05, 0) is 44.2 Å². The van der Waals surface area contributed by atoms with Crippen molar-refractivity contribution in [3.05, 3.63) is 36.4 Å². The molecule has 1 aromatic heterocycles. The Labute approximate surface area is 171 Å². The predicted molar refractivity (Wildman–Crippen MR) is 107 cm³/mol. The Hall–Kier alpha value is -2.06. The van der Waals surface area contributed by atoms with Gasteiger partial charge in [-0.3, -0.25) is 5.10 Å². The Morgan fingerprint density at radius 3 is 2.25 bits per heavy atom. The molecule has 2 aromatic carbocycles. The summed E-state index contributed by atoms with van der Waals surface area (Å²) < 4.78 is 57.3. The molecule has 0 atom stereocenters. The van der Waals surface area contributed by atoms with Gasteiger partial charge in [0.2, 0.25) is 0 Å². The van der Waals surface area contributed by atoms with Gasteiger partial charge in [-0.2, -0.15) is 5.10 Å². The van der Waals surface area contributed by atoms with Crippen molar-refractivity contribution in [3.8, 4) is 11.5 Å². The molecule has 0 aliphatic carbocycles. The van der Waals surface area contributed by atoms with Gasteiger partial charge >= 0.3 is 16.5 Å². The van der Waals surface area contributed by atoms with E-state index < -0.39 is 24.9 Å². The summed E-state index contributed by atoms with van der Waals surface area (Å²) in [5.74, 6) is 1.09. The van der Waals surface area contributed by atoms with Gasteiger partial charge in [-0.25, -0.2) is 16.8 Å². The Morgan fingerprint density at radius 1 is 1.07 bits per heavy atom. The number of nitrogens with one attached hydrogen (secondary N) is 2. The van der Waals surface area contributed by atoms with Crippen LogP contribution in [0.5, 0.6) is 11.5 Å². The second-order valence-corrected chi connectivity index (χ2v) is 11.3. The number of fused-ring (bicyclic) bond motifs is 1. The average Bonchev–Trinajstić information content (AvgIpc) is 3.04. The first-order chi connectivity index (χ1) is 13.0. The van der Waals surface area contributed by atoms with E-state index in [-0.39, 0.29) is 15.5 Å². The fourth-order valence-electron chi connectivity index (χ4n) is 2.57. The van der Waals surface area contributed by atoms with E-state index in [1.54, 1.807) is 19.9 Å². The van der Waals surface area contributed by atoms with E-state index in [1.807, 2.05) is 0 Å². The molecule has 1 heterocycles. The number of hydrogen-bond donors (Lipinski definition) is 2. The molecule has 3 aromatic rings. The molecule has 0 saturated carbocycles. The van der Waals surface area contributed by atoms with Crippen LogP contribution in [0.3, 0.4) is 0 Å². The molecule has 0 aliphatic rings. The van der Waals surface area contributed by atoms with E-state index in [2.05, 4.69) is 31.0 Å². The van der Waals surface area contributed by atoms with Gasteiger partial charge < -0.3 is 9.04 Å². The minimum Gasteiger partial charge on any atom is -0.475 e. The van der Waals surface area contributed by atoms with E-state index >= 15 is 0 Å². The first-order valence-corrected chi connectivity index (χ1v) is 12.3. The lowest BCUT2D eigenvalue weighted by Crippen LogP contribution is -2.14. The fraction of sp³-hybridized carbons (Fsp3) is 0.235. The number of anilines is 1. The average molecular weight is 435 g/mol. The highest BCUT2D eigenvalue weighted by atomic mass is 32.2. The van der Waals surface area contributed by atoms with Crippen molar-refractivity contribution in [1.82, 2.24) is 10.2 Å². The third-order valence-electron chi connectivity index (χ3n) is 4.18. The molecular weight excluding hydrogens is 417 g/mol. The molecule has 0 spiro atoms. The topological polar surface area (TPSA) is 118 Å². The quantitative estimate of drug-likeness (QED) is 0.571. The molecule has 2 N–H and O–H groups in total. The molecule has 0 aliphatic heterocycles. The molecule has 28 heavy (non-hydrogen) atoms. The Bertz CT molecular complexity index is 1230. The summed E-state index contributed by atoms with van der Waals surface area (Å²) in [6, 6.07) is 8.86. The number of ether oxygens (including phenoxy) is 1. The molecule has 8 nitrogen and oxygen atoms in total. The molecule has 11 heteroatoms. The van der Waals surface area contributed by atoms with Crippen LogP contribution in [0.25, 0.3) is 10.9 Å². The molecule has 3 rings (SSSR count). The van der Waals surface area contributed by atoms with Crippen LogP contribution >= 0.6 is 0 Å². The lowest BCUT2D eigenvalue weighted by molar-refractivity contribution is 0.484. The van der Waals surface area contributed by atoms with Crippen LogP contribution in [0.15, 0.2) is 46.2 Å². The molecule has 2 radical (unpaired) electrons. The van der Waals surface area contributed by atoms with Crippen molar-refractivity contribution in [1.29, 1.82) is 0 Å². The molecule has 0 bridgehead atoms. The molecule has 146 valence electrons. The molecule has 0 amide bonds. The van der Waals surface area contributed by atoms with E-state index in [4.69, 9.17) is 4.74 Å². The van der Waals surface area contributed by atoms with E-state index in [9.17, 15) is 16.8 Å². The number of rotatable bonds is 6. The summed E-state index contributed by atoms with van der Waals surface area (Å²) in [7, 11) is -6.87. The number of hydrogen-bond acceptors (Lipinski definition) is 7. The number of nitrogens with zero attached hydrogens (tertiary/aromatic N) is 1. The van der Waals surface area contributed by atoms with Crippen LogP contribution in [0.4, 0.5) is 5.82 Å². The first-order valence-electron chi connectivity index (χ1n) is 8.24. The summed E-state index contributed by atoms with van der Waals surface area (Å²) in [5.41, 5.74) is 0.514. The maximum atomic E-state index is 12.7. The second-order valence-electron chi connectivity index (χ2n) is 6.50. The maximum Gasteiger partial charge on any atom is 0.308 e. The number of benzene rings is 2. The zero-order valence-electron chi connectivity index (χ0n) is 15.4. The van der Waals surface area contributed by atoms with Gasteiger partial charge in [0, 0.05) is 17.7 Å². The van der Waals surface area contributed by atoms with Crippen LogP contribution in [-0.4, -0.2) is 55.0 Å². The van der Waals surface area contributed by atoms with E-state index in [0.717, 1.165) is 6.26 Å². The van der Waals surface area contributed by atoms with Crippen molar-refractivity contribution in [2.75, 3.05) is 10.6 Å². The van der Waals surface area contributed by atoms with Crippen molar-refractivity contribution < 1.29 is 21.6 Å². The molecule has 0 saturated heterocycles.